The maximum Gasteiger partial charge on any atom is 0.289 e. The Hall–Kier alpha value is -2.15. The van der Waals surface area contributed by atoms with Gasteiger partial charge in [0.1, 0.15) is 0 Å². The number of pyridine rings is 1. The third kappa shape index (κ3) is 4.17. The molecule has 0 bridgehead atoms. The minimum absolute atomic E-state index is 0.0151. The van der Waals surface area contributed by atoms with Crippen molar-refractivity contribution in [2.24, 2.45) is 0 Å². The number of hydrogen-bond donors (Lipinski definition) is 0. The molecule has 2 amide bonds. The first kappa shape index (κ1) is 16.2. The van der Waals surface area contributed by atoms with Crippen LogP contribution in [0.5, 0.6) is 0 Å². The number of likely N-dealkylation sites (N-methyl/N-ethyl adjacent to an activating group) is 2. The first-order valence-corrected chi connectivity index (χ1v) is 7.40. The number of amides is 2. The van der Waals surface area contributed by atoms with Crippen molar-refractivity contribution in [3.05, 3.63) is 52.7 Å². The van der Waals surface area contributed by atoms with E-state index in [4.69, 9.17) is 4.42 Å². The average molecular weight is 366 g/mol. The third-order valence-electron chi connectivity index (χ3n) is 3.10. The maximum absolute atomic E-state index is 12.2. The average Bonchev–Trinajstić information content (AvgIpc) is 2.93. The van der Waals surface area contributed by atoms with E-state index in [2.05, 4.69) is 20.9 Å². The fraction of sp³-hybridized carbons (Fsp3) is 0.267. The Morgan fingerprint density at radius 2 is 1.82 bits per heavy atom. The Bertz CT molecular complexity index is 657. The molecule has 0 saturated carbocycles. The Kier molecular flexibility index (Phi) is 5.32. The Morgan fingerprint density at radius 1 is 1.14 bits per heavy atom. The lowest BCUT2D eigenvalue weighted by Gasteiger charge is -2.21. The summed E-state index contributed by atoms with van der Waals surface area (Å²) in [6.07, 6.45) is 3.36. The van der Waals surface area contributed by atoms with E-state index in [1.165, 1.54) is 4.90 Å². The predicted octanol–water partition coefficient (Wildman–Crippen LogP) is 2.17. The lowest BCUT2D eigenvalue weighted by molar-refractivity contribution is -0.130. The number of furan rings is 1. The van der Waals surface area contributed by atoms with Gasteiger partial charge in [0.15, 0.2) is 10.4 Å². The number of halogens is 1. The van der Waals surface area contributed by atoms with Gasteiger partial charge in [0.25, 0.3) is 5.91 Å². The quantitative estimate of drug-likeness (QED) is 0.814. The molecule has 0 unspecified atom stereocenters. The van der Waals surface area contributed by atoms with Gasteiger partial charge in [-0.05, 0) is 45.8 Å². The first-order chi connectivity index (χ1) is 10.5. The van der Waals surface area contributed by atoms with E-state index in [1.807, 2.05) is 12.1 Å². The summed E-state index contributed by atoms with van der Waals surface area (Å²) in [6.45, 7) is 0.453. The van der Waals surface area contributed by atoms with Crippen LogP contribution in [-0.4, -0.2) is 47.2 Å². The van der Waals surface area contributed by atoms with E-state index in [-0.39, 0.29) is 24.1 Å². The molecule has 2 aromatic rings. The number of carbonyl (C=O) groups excluding carboxylic acids is 2. The second-order valence-electron chi connectivity index (χ2n) is 4.87. The summed E-state index contributed by atoms with van der Waals surface area (Å²) in [6, 6.07) is 6.89. The van der Waals surface area contributed by atoms with E-state index < -0.39 is 0 Å². The van der Waals surface area contributed by atoms with Gasteiger partial charge in [0.2, 0.25) is 5.91 Å². The van der Waals surface area contributed by atoms with E-state index in [0.29, 0.717) is 11.2 Å². The number of nitrogens with zero attached hydrogens (tertiary/aromatic N) is 3. The van der Waals surface area contributed by atoms with Gasteiger partial charge in [-0.3, -0.25) is 14.6 Å². The zero-order valence-electron chi connectivity index (χ0n) is 12.3. The molecule has 0 aliphatic rings. The lowest BCUT2D eigenvalue weighted by Crippen LogP contribution is -2.39. The SMILES string of the molecule is CN(Cc1ccncc1)C(=O)CN(C)C(=O)c1ccc(Br)o1. The molecule has 0 atom stereocenters. The van der Waals surface area contributed by atoms with Crippen LogP contribution < -0.4 is 0 Å². The molecule has 0 spiro atoms. The molecule has 6 nitrogen and oxygen atoms in total. The van der Waals surface area contributed by atoms with Crippen molar-refractivity contribution in [1.29, 1.82) is 0 Å². The van der Waals surface area contributed by atoms with Crippen LogP contribution >= 0.6 is 15.9 Å². The van der Waals surface area contributed by atoms with E-state index >= 15 is 0 Å². The zero-order chi connectivity index (χ0) is 16.1. The van der Waals surface area contributed by atoms with E-state index in [9.17, 15) is 9.59 Å². The largest absolute Gasteiger partial charge is 0.444 e. The fourth-order valence-corrected chi connectivity index (χ4v) is 2.17. The molecule has 2 aromatic heterocycles. The van der Waals surface area contributed by atoms with Gasteiger partial charge in [-0.25, -0.2) is 0 Å². The summed E-state index contributed by atoms with van der Waals surface area (Å²) in [5.74, 6) is -0.298. The highest BCUT2D eigenvalue weighted by Gasteiger charge is 2.20. The van der Waals surface area contributed by atoms with Crippen LogP contribution in [0.1, 0.15) is 16.1 Å². The number of rotatable bonds is 5. The third-order valence-corrected chi connectivity index (χ3v) is 3.52. The van der Waals surface area contributed by atoms with Gasteiger partial charge < -0.3 is 14.2 Å². The summed E-state index contributed by atoms with van der Waals surface area (Å²) in [4.78, 5) is 31.1. The second kappa shape index (κ2) is 7.22. The highest BCUT2D eigenvalue weighted by Crippen LogP contribution is 2.15. The molecular formula is C15H16BrN3O3. The van der Waals surface area contributed by atoms with Crippen LogP contribution in [0.2, 0.25) is 0 Å². The monoisotopic (exact) mass is 365 g/mol. The van der Waals surface area contributed by atoms with Crippen LogP contribution in [0.3, 0.4) is 0 Å². The Morgan fingerprint density at radius 3 is 2.41 bits per heavy atom. The molecule has 2 rings (SSSR count). The standard InChI is InChI=1S/C15H16BrN3O3/c1-18(9-11-5-7-17-8-6-11)14(20)10-19(2)15(21)12-3-4-13(16)22-12/h3-8H,9-10H2,1-2H3. The van der Waals surface area contributed by atoms with Gasteiger partial charge >= 0.3 is 0 Å². The van der Waals surface area contributed by atoms with Crippen LogP contribution in [-0.2, 0) is 11.3 Å². The molecule has 2 heterocycles. The smallest absolute Gasteiger partial charge is 0.289 e. The van der Waals surface area contributed by atoms with Crippen LogP contribution in [0.4, 0.5) is 0 Å². The fourth-order valence-electron chi connectivity index (χ4n) is 1.86. The van der Waals surface area contributed by atoms with Crippen molar-refractivity contribution in [2.75, 3.05) is 20.6 Å². The summed E-state index contributed by atoms with van der Waals surface area (Å²) < 4.78 is 5.67. The summed E-state index contributed by atoms with van der Waals surface area (Å²) in [7, 11) is 3.27. The summed E-state index contributed by atoms with van der Waals surface area (Å²) in [5, 5.41) is 0. The van der Waals surface area contributed by atoms with Crippen molar-refractivity contribution in [3.8, 4) is 0 Å². The van der Waals surface area contributed by atoms with Gasteiger partial charge in [-0.15, -0.1) is 0 Å². The molecule has 0 saturated heterocycles. The predicted molar refractivity (Wildman–Crippen MR) is 84.1 cm³/mol. The molecule has 0 aliphatic heterocycles. The molecular weight excluding hydrogens is 350 g/mol. The minimum atomic E-state index is -0.337. The van der Waals surface area contributed by atoms with Gasteiger partial charge in [-0.2, -0.15) is 0 Å². The molecule has 116 valence electrons. The van der Waals surface area contributed by atoms with Crippen molar-refractivity contribution < 1.29 is 14.0 Å². The first-order valence-electron chi connectivity index (χ1n) is 6.61. The number of aromatic nitrogens is 1. The van der Waals surface area contributed by atoms with Crippen LogP contribution in [0.25, 0.3) is 0 Å². The zero-order valence-corrected chi connectivity index (χ0v) is 13.9. The van der Waals surface area contributed by atoms with Crippen molar-refractivity contribution in [2.45, 2.75) is 6.54 Å². The van der Waals surface area contributed by atoms with E-state index in [0.717, 1.165) is 5.56 Å². The lowest BCUT2D eigenvalue weighted by atomic mass is 10.2. The Labute approximate surface area is 136 Å². The molecule has 0 N–H and O–H groups in total. The van der Waals surface area contributed by atoms with Crippen LogP contribution in [0, 0.1) is 0 Å². The van der Waals surface area contributed by atoms with Gasteiger partial charge in [-0.1, -0.05) is 0 Å². The highest BCUT2D eigenvalue weighted by atomic mass is 79.9. The normalized spacial score (nSPS) is 10.3. The minimum Gasteiger partial charge on any atom is -0.444 e. The molecule has 0 aromatic carbocycles. The van der Waals surface area contributed by atoms with Gasteiger partial charge in [0, 0.05) is 33.0 Å². The molecule has 0 aliphatic carbocycles. The van der Waals surface area contributed by atoms with Crippen molar-refractivity contribution in [3.63, 3.8) is 0 Å². The summed E-state index contributed by atoms with van der Waals surface area (Å²) in [5.41, 5.74) is 0.981. The van der Waals surface area contributed by atoms with Gasteiger partial charge in [0.05, 0.1) is 6.54 Å². The number of carbonyl (C=O) groups is 2. The topological polar surface area (TPSA) is 66.7 Å². The molecule has 22 heavy (non-hydrogen) atoms. The second-order valence-corrected chi connectivity index (χ2v) is 5.65. The molecule has 0 fully saturated rings. The van der Waals surface area contributed by atoms with E-state index in [1.54, 1.807) is 43.5 Å². The van der Waals surface area contributed by atoms with Crippen molar-refractivity contribution >= 4 is 27.7 Å². The Balaban J connectivity index is 1.91. The maximum atomic E-state index is 12.2. The van der Waals surface area contributed by atoms with Crippen LogP contribution in [0.15, 0.2) is 45.7 Å². The number of hydrogen-bond acceptors (Lipinski definition) is 4. The van der Waals surface area contributed by atoms with Crippen molar-refractivity contribution in [1.82, 2.24) is 14.8 Å². The summed E-state index contributed by atoms with van der Waals surface area (Å²) >= 11 is 3.14. The highest BCUT2D eigenvalue weighted by molar-refractivity contribution is 9.10. The molecule has 0 radical (unpaired) electrons. The molecule has 7 heteroatoms.